The lowest BCUT2D eigenvalue weighted by Crippen LogP contribution is -2.43. The number of aromatic amines is 1. The van der Waals surface area contributed by atoms with Gasteiger partial charge in [-0.1, -0.05) is 24.3 Å². The molecule has 1 aliphatic heterocycles. The molecule has 3 heterocycles. The van der Waals surface area contributed by atoms with Crippen LogP contribution in [-0.4, -0.2) is 45.0 Å². The molecule has 1 amide bonds. The second-order valence-electron chi connectivity index (χ2n) is 6.63. The van der Waals surface area contributed by atoms with Gasteiger partial charge in [-0.3, -0.25) is 9.78 Å². The molecule has 27 heavy (non-hydrogen) atoms. The summed E-state index contributed by atoms with van der Waals surface area (Å²) < 4.78 is 6.01. The number of nitrogens with one attached hydrogen (secondary N) is 1. The molecule has 1 saturated heterocycles. The lowest BCUT2D eigenvalue weighted by molar-refractivity contribution is -0.00783. The van der Waals surface area contributed by atoms with E-state index >= 15 is 0 Å². The summed E-state index contributed by atoms with van der Waals surface area (Å²) in [7, 11) is 0. The number of imidazole rings is 1. The summed E-state index contributed by atoms with van der Waals surface area (Å²) in [6.45, 7) is 1.81. The van der Waals surface area contributed by atoms with Crippen molar-refractivity contribution in [2.75, 3.05) is 13.1 Å². The number of pyridine rings is 1. The minimum atomic E-state index is 0.0214. The molecule has 0 bridgehead atoms. The lowest BCUT2D eigenvalue weighted by Gasteiger charge is -2.33. The summed E-state index contributed by atoms with van der Waals surface area (Å²) in [5.41, 5.74) is 2.39. The van der Waals surface area contributed by atoms with Gasteiger partial charge in [0.15, 0.2) is 0 Å². The van der Waals surface area contributed by atoms with Crippen LogP contribution in [0.3, 0.4) is 0 Å². The second-order valence-corrected chi connectivity index (χ2v) is 6.63. The van der Waals surface area contributed by atoms with Crippen LogP contribution in [0.1, 0.15) is 28.9 Å². The summed E-state index contributed by atoms with van der Waals surface area (Å²) in [4.78, 5) is 26.7. The van der Waals surface area contributed by atoms with Crippen LogP contribution in [0.5, 0.6) is 0 Å². The third-order valence-electron chi connectivity index (χ3n) is 4.77. The van der Waals surface area contributed by atoms with Gasteiger partial charge in [-0.05, 0) is 31.0 Å². The SMILES string of the molecule is O=C(c1ccccc1-c1ncc[nH]1)N1CCCC(OCc2ccccn2)C1. The van der Waals surface area contributed by atoms with Crippen molar-refractivity contribution in [3.05, 3.63) is 72.3 Å². The van der Waals surface area contributed by atoms with E-state index in [0.29, 0.717) is 24.5 Å². The molecule has 0 spiro atoms. The predicted molar refractivity (Wildman–Crippen MR) is 102 cm³/mol. The molecular weight excluding hydrogens is 340 g/mol. The molecule has 0 radical (unpaired) electrons. The number of carbonyl (C=O) groups is 1. The van der Waals surface area contributed by atoms with E-state index in [4.69, 9.17) is 4.74 Å². The Morgan fingerprint density at radius 2 is 2.04 bits per heavy atom. The number of piperidine rings is 1. The Morgan fingerprint density at radius 3 is 2.85 bits per heavy atom. The number of ether oxygens (including phenoxy) is 1. The van der Waals surface area contributed by atoms with Crippen molar-refractivity contribution in [3.63, 3.8) is 0 Å². The molecule has 6 nitrogen and oxygen atoms in total. The van der Waals surface area contributed by atoms with Gasteiger partial charge in [-0.2, -0.15) is 0 Å². The molecule has 6 heteroatoms. The van der Waals surface area contributed by atoms with Crippen molar-refractivity contribution in [1.29, 1.82) is 0 Å². The van der Waals surface area contributed by atoms with E-state index in [1.165, 1.54) is 0 Å². The Kier molecular flexibility index (Phi) is 5.25. The smallest absolute Gasteiger partial charge is 0.254 e. The quantitative estimate of drug-likeness (QED) is 0.756. The number of rotatable bonds is 5. The number of H-pyrrole nitrogens is 1. The summed E-state index contributed by atoms with van der Waals surface area (Å²) in [6, 6.07) is 13.4. The first-order valence-electron chi connectivity index (χ1n) is 9.21. The minimum absolute atomic E-state index is 0.0214. The summed E-state index contributed by atoms with van der Waals surface area (Å²) in [5, 5.41) is 0. The Labute approximate surface area is 158 Å². The Bertz CT molecular complexity index is 880. The molecule has 138 valence electrons. The van der Waals surface area contributed by atoms with Gasteiger partial charge in [0, 0.05) is 37.2 Å². The summed E-state index contributed by atoms with van der Waals surface area (Å²) in [5.74, 6) is 0.729. The molecule has 0 aliphatic carbocycles. The fourth-order valence-corrected chi connectivity index (χ4v) is 3.40. The maximum absolute atomic E-state index is 13.2. The van der Waals surface area contributed by atoms with Crippen molar-refractivity contribution in [2.24, 2.45) is 0 Å². The van der Waals surface area contributed by atoms with E-state index in [2.05, 4.69) is 15.0 Å². The average molecular weight is 362 g/mol. The van der Waals surface area contributed by atoms with Crippen LogP contribution in [0.2, 0.25) is 0 Å². The lowest BCUT2D eigenvalue weighted by atomic mass is 10.0. The Morgan fingerprint density at radius 1 is 1.15 bits per heavy atom. The molecule has 1 unspecified atom stereocenters. The number of benzene rings is 1. The third-order valence-corrected chi connectivity index (χ3v) is 4.77. The first-order chi connectivity index (χ1) is 13.3. The highest BCUT2D eigenvalue weighted by Crippen LogP contribution is 2.24. The molecule has 1 aliphatic rings. The standard InChI is InChI=1S/C21H22N4O2/c26-21(19-9-2-1-8-18(19)20-23-11-12-24-20)25-13-5-7-17(14-25)27-15-16-6-3-4-10-22-16/h1-4,6,8-12,17H,5,7,13-15H2,(H,23,24). The van der Waals surface area contributed by atoms with E-state index in [0.717, 1.165) is 30.6 Å². The molecule has 0 saturated carbocycles. The molecular formula is C21H22N4O2. The van der Waals surface area contributed by atoms with Crippen LogP contribution in [0.15, 0.2) is 61.1 Å². The number of hydrogen-bond acceptors (Lipinski definition) is 4. The molecule has 3 aromatic rings. The first kappa shape index (κ1) is 17.4. The van der Waals surface area contributed by atoms with Crippen LogP contribution in [0.4, 0.5) is 0 Å². The number of carbonyl (C=O) groups excluding carboxylic acids is 1. The van der Waals surface area contributed by atoms with E-state index < -0.39 is 0 Å². The fraction of sp³-hybridized carbons (Fsp3) is 0.286. The van der Waals surface area contributed by atoms with E-state index in [1.54, 1.807) is 18.6 Å². The Balaban J connectivity index is 1.45. The van der Waals surface area contributed by atoms with Crippen LogP contribution in [-0.2, 0) is 11.3 Å². The topological polar surface area (TPSA) is 71.1 Å². The van der Waals surface area contributed by atoms with Gasteiger partial charge in [-0.25, -0.2) is 4.98 Å². The first-order valence-corrected chi connectivity index (χ1v) is 9.21. The van der Waals surface area contributed by atoms with Crippen molar-refractivity contribution >= 4 is 5.91 Å². The van der Waals surface area contributed by atoms with Crippen molar-refractivity contribution < 1.29 is 9.53 Å². The number of nitrogens with zero attached hydrogens (tertiary/aromatic N) is 3. The maximum atomic E-state index is 13.2. The number of likely N-dealkylation sites (tertiary alicyclic amines) is 1. The highest BCUT2D eigenvalue weighted by molar-refractivity contribution is 6.00. The van der Waals surface area contributed by atoms with Gasteiger partial charge < -0.3 is 14.6 Å². The van der Waals surface area contributed by atoms with Gasteiger partial charge in [0.1, 0.15) is 5.82 Å². The van der Waals surface area contributed by atoms with Crippen LogP contribution in [0, 0.1) is 0 Å². The maximum Gasteiger partial charge on any atom is 0.254 e. The molecule has 4 rings (SSSR count). The molecule has 2 aromatic heterocycles. The van der Waals surface area contributed by atoms with Crippen molar-refractivity contribution in [1.82, 2.24) is 19.9 Å². The molecule has 1 N–H and O–H groups in total. The average Bonchev–Trinajstić information content (AvgIpc) is 3.27. The van der Waals surface area contributed by atoms with E-state index in [-0.39, 0.29) is 12.0 Å². The second kappa shape index (κ2) is 8.14. The van der Waals surface area contributed by atoms with Gasteiger partial charge in [0.05, 0.1) is 24.0 Å². The van der Waals surface area contributed by atoms with Crippen LogP contribution in [0.25, 0.3) is 11.4 Å². The van der Waals surface area contributed by atoms with Crippen molar-refractivity contribution in [3.8, 4) is 11.4 Å². The Hall–Kier alpha value is -2.99. The van der Waals surface area contributed by atoms with Gasteiger partial charge >= 0.3 is 0 Å². The largest absolute Gasteiger partial charge is 0.370 e. The van der Waals surface area contributed by atoms with E-state index in [9.17, 15) is 4.79 Å². The van der Waals surface area contributed by atoms with E-state index in [1.807, 2.05) is 47.4 Å². The predicted octanol–water partition coefficient (Wildman–Crippen LogP) is 3.29. The van der Waals surface area contributed by atoms with Crippen LogP contribution >= 0.6 is 0 Å². The summed E-state index contributed by atoms with van der Waals surface area (Å²) >= 11 is 0. The number of aromatic nitrogens is 3. The zero-order chi connectivity index (χ0) is 18.5. The minimum Gasteiger partial charge on any atom is -0.370 e. The fourth-order valence-electron chi connectivity index (χ4n) is 3.40. The zero-order valence-electron chi connectivity index (χ0n) is 15.0. The summed E-state index contributed by atoms with van der Waals surface area (Å²) in [6.07, 6.45) is 7.14. The molecule has 1 fully saturated rings. The normalized spacial score (nSPS) is 17.0. The third kappa shape index (κ3) is 4.06. The zero-order valence-corrected chi connectivity index (χ0v) is 15.0. The van der Waals surface area contributed by atoms with Gasteiger partial charge in [-0.15, -0.1) is 0 Å². The molecule has 1 atom stereocenters. The monoisotopic (exact) mass is 362 g/mol. The highest BCUT2D eigenvalue weighted by Gasteiger charge is 2.26. The number of hydrogen-bond donors (Lipinski definition) is 1. The molecule has 1 aromatic carbocycles. The highest BCUT2D eigenvalue weighted by atomic mass is 16.5. The number of amides is 1. The van der Waals surface area contributed by atoms with Crippen LogP contribution < -0.4 is 0 Å². The van der Waals surface area contributed by atoms with Gasteiger partial charge in [0.2, 0.25) is 0 Å². The van der Waals surface area contributed by atoms with Gasteiger partial charge in [0.25, 0.3) is 5.91 Å². The van der Waals surface area contributed by atoms with Crippen molar-refractivity contribution in [2.45, 2.75) is 25.6 Å².